The first kappa shape index (κ1) is 17.7. The van der Waals surface area contributed by atoms with E-state index >= 15 is 0 Å². The summed E-state index contributed by atoms with van der Waals surface area (Å²) in [6.07, 6.45) is 6.32. The maximum atomic E-state index is 12.7. The summed E-state index contributed by atoms with van der Waals surface area (Å²) in [4.78, 5) is 25.0. The first-order valence-corrected chi connectivity index (χ1v) is 9.79. The number of carbonyl (C=O) groups is 2. The van der Waals surface area contributed by atoms with Crippen molar-refractivity contribution in [1.82, 2.24) is 5.32 Å². The van der Waals surface area contributed by atoms with Crippen LogP contribution in [-0.2, 0) is 9.53 Å². The number of amides is 1. The van der Waals surface area contributed by atoms with Gasteiger partial charge in [-0.3, -0.25) is 4.79 Å². The van der Waals surface area contributed by atoms with Crippen LogP contribution in [-0.4, -0.2) is 23.5 Å². The molecule has 140 valence electrons. The lowest BCUT2D eigenvalue weighted by Gasteiger charge is -2.57. The van der Waals surface area contributed by atoms with E-state index < -0.39 is 12.1 Å². The lowest BCUT2D eigenvalue weighted by molar-refractivity contribution is -0.134. The summed E-state index contributed by atoms with van der Waals surface area (Å²) in [6.45, 7) is 1.62. The fourth-order valence-electron chi connectivity index (χ4n) is 5.58. The zero-order valence-corrected chi connectivity index (χ0v) is 15.7. The molecule has 0 saturated heterocycles. The number of nitrogens with one attached hydrogen (secondary N) is 1. The third kappa shape index (κ3) is 3.29. The van der Waals surface area contributed by atoms with Gasteiger partial charge in [-0.15, -0.1) is 0 Å². The van der Waals surface area contributed by atoms with Crippen LogP contribution >= 0.6 is 11.6 Å². The Kier molecular flexibility index (Phi) is 4.38. The number of benzene rings is 1. The minimum atomic E-state index is -0.840. The van der Waals surface area contributed by atoms with Gasteiger partial charge in [0.05, 0.1) is 16.3 Å². The number of ether oxygens (including phenoxy) is 1. The quantitative estimate of drug-likeness (QED) is 0.622. The predicted molar refractivity (Wildman–Crippen MR) is 99.8 cm³/mol. The Hall–Kier alpha value is -1.75. The summed E-state index contributed by atoms with van der Waals surface area (Å²) in [7, 11) is 0. The highest BCUT2D eigenvalue weighted by Crippen LogP contribution is 2.55. The van der Waals surface area contributed by atoms with Crippen LogP contribution in [0.2, 0.25) is 5.02 Å². The number of nitrogens with two attached hydrogens (primary N) is 1. The van der Waals surface area contributed by atoms with Crippen LogP contribution in [0, 0.1) is 17.8 Å². The van der Waals surface area contributed by atoms with Gasteiger partial charge in [0, 0.05) is 5.54 Å². The molecule has 1 amide bonds. The Morgan fingerprint density at radius 2 is 1.77 bits per heavy atom. The summed E-state index contributed by atoms with van der Waals surface area (Å²) in [5, 5.41) is 3.62. The van der Waals surface area contributed by atoms with E-state index in [-0.39, 0.29) is 11.4 Å². The second kappa shape index (κ2) is 6.45. The number of esters is 1. The van der Waals surface area contributed by atoms with Crippen LogP contribution in [0.3, 0.4) is 0 Å². The Morgan fingerprint density at radius 3 is 2.31 bits per heavy atom. The zero-order valence-electron chi connectivity index (χ0n) is 15.0. The van der Waals surface area contributed by atoms with Crippen molar-refractivity contribution in [3.8, 4) is 0 Å². The smallest absolute Gasteiger partial charge is 0.338 e. The minimum absolute atomic E-state index is 0.0861. The van der Waals surface area contributed by atoms with Crippen LogP contribution in [0.4, 0.5) is 5.69 Å². The highest BCUT2D eigenvalue weighted by molar-refractivity contribution is 6.33. The van der Waals surface area contributed by atoms with E-state index in [1.165, 1.54) is 25.3 Å². The van der Waals surface area contributed by atoms with Gasteiger partial charge in [-0.25, -0.2) is 4.79 Å². The molecule has 1 aromatic rings. The van der Waals surface area contributed by atoms with Gasteiger partial charge in [0.25, 0.3) is 5.91 Å². The maximum absolute atomic E-state index is 12.7. The molecule has 4 saturated carbocycles. The molecule has 0 aromatic heterocycles. The molecular weight excluding hydrogens is 352 g/mol. The van der Waals surface area contributed by atoms with Crippen LogP contribution in [0.5, 0.6) is 0 Å². The molecule has 0 spiro atoms. The van der Waals surface area contributed by atoms with E-state index in [0.717, 1.165) is 37.0 Å². The standard InChI is InChI=1S/C20H25ClN2O3/c1-11(26-19(25)15-2-3-16(21)17(22)7-15)18(24)23-20-8-12-4-13(9-20)6-14(5-12)10-20/h2-3,7,11-14H,4-6,8-10,22H2,1H3,(H,23,24)/t11-,12?,13?,14?,20?/m1/s1. The van der Waals surface area contributed by atoms with Crippen molar-refractivity contribution in [3.05, 3.63) is 28.8 Å². The first-order chi connectivity index (χ1) is 12.3. The highest BCUT2D eigenvalue weighted by atomic mass is 35.5. The van der Waals surface area contributed by atoms with Gasteiger partial charge in [0.15, 0.2) is 6.10 Å². The van der Waals surface area contributed by atoms with Gasteiger partial charge in [0.2, 0.25) is 0 Å². The first-order valence-electron chi connectivity index (χ1n) is 9.41. The molecule has 4 bridgehead atoms. The number of carbonyl (C=O) groups excluding carboxylic acids is 2. The molecule has 6 heteroatoms. The van der Waals surface area contributed by atoms with Crippen LogP contribution < -0.4 is 11.1 Å². The van der Waals surface area contributed by atoms with Crippen molar-refractivity contribution in [3.63, 3.8) is 0 Å². The summed E-state index contributed by atoms with van der Waals surface area (Å²) >= 11 is 5.87. The van der Waals surface area contributed by atoms with Crippen LogP contribution in [0.25, 0.3) is 0 Å². The lowest BCUT2D eigenvalue weighted by atomic mass is 9.53. The van der Waals surface area contributed by atoms with E-state index in [9.17, 15) is 9.59 Å². The van der Waals surface area contributed by atoms with Crippen LogP contribution in [0.15, 0.2) is 18.2 Å². The fourth-order valence-corrected chi connectivity index (χ4v) is 5.70. The Bertz CT molecular complexity index is 713. The van der Waals surface area contributed by atoms with Gasteiger partial charge < -0.3 is 15.8 Å². The molecular formula is C20H25ClN2O3. The predicted octanol–water partition coefficient (Wildman–Crippen LogP) is 3.55. The second-order valence-electron chi connectivity index (χ2n) is 8.47. The molecule has 0 radical (unpaired) electrons. The van der Waals surface area contributed by atoms with Crippen LogP contribution in [0.1, 0.15) is 55.8 Å². The normalized spacial score (nSPS) is 32.9. The van der Waals surface area contributed by atoms with Crippen molar-refractivity contribution < 1.29 is 14.3 Å². The lowest BCUT2D eigenvalue weighted by Crippen LogP contribution is -2.61. The van der Waals surface area contributed by atoms with Gasteiger partial charge in [0.1, 0.15) is 0 Å². The molecule has 4 fully saturated rings. The third-order valence-corrected chi connectivity index (χ3v) is 6.66. The van der Waals surface area contributed by atoms with E-state index in [1.54, 1.807) is 19.1 Å². The van der Waals surface area contributed by atoms with Gasteiger partial charge in [-0.05, 0) is 81.4 Å². The number of anilines is 1. The molecule has 1 atom stereocenters. The minimum Gasteiger partial charge on any atom is -0.449 e. The van der Waals surface area contributed by atoms with Crippen molar-refractivity contribution in [2.45, 2.75) is 57.1 Å². The summed E-state index contributed by atoms with van der Waals surface area (Å²) in [6, 6.07) is 4.56. The number of hydrogen-bond donors (Lipinski definition) is 2. The Labute approximate surface area is 158 Å². The maximum Gasteiger partial charge on any atom is 0.338 e. The van der Waals surface area contributed by atoms with E-state index in [4.69, 9.17) is 22.1 Å². The number of nitrogen functional groups attached to an aromatic ring is 1. The van der Waals surface area contributed by atoms with E-state index in [2.05, 4.69) is 5.32 Å². The van der Waals surface area contributed by atoms with Crippen molar-refractivity contribution in [2.75, 3.05) is 5.73 Å². The molecule has 4 aliphatic rings. The monoisotopic (exact) mass is 376 g/mol. The third-order valence-electron chi connectivity index (χ3n) is 6.31. The second-order valence-corrected chi connectivity index (χ2v) is 8.88. The van der Waals surface area contributed by atoms with Crippen molar-refractivity contribution >= 4 is 29.2 Å². The van der Waals surface area contributed by atoms with Crippen molar-refractivity contribution in [2.24, 2.45) is 17.8 Å². The summed E-state index contributed by atoms with van der Waals surface area (Å²) in [5.41, 5.74) is 6.24. The fraction of sp³-hybridized carbons (Fsp3) is 0.600. The van der Waals surface area contributed by atoms with Gasteiger partial charge >= 0.3 is 5.97 Å². The van der Waals surface area contributed by atoms with E-state index in [0.29, 0.717) is 16.3 Å². The molecule has 0 unspecified atom stereocenters. The molecule has 0 aliphatic heterocycles. The zero-order chi connectivity index (χ0) is 18.5. The number of halogens is 1. The molecule has 5 nitrogen and oxygen atoms in total. The largest absolute Gasteiger partial charge is 0.449 e. The molecule has 0 heterocycles. The van der Waals surface area contributed by atoms with Gasteiger partial charge in [-0.2, -0.15) is 0 Å². The molecule has 5 rings (SSSR count). The molecule has 1 aromatic carbocycles. The van der Waals surface area contributed by atoms with Gasteiger partial charge in [-0.1, -0.05) is 11.6 Å². The number of hydrogen-bond acceptors (Lipinski definition) is 4. The molecule has 3 N–H and O–H groups in total. The Balaban J connectivity index is 1.39. The summed E-state index contributed by atoms with van der Waals surface area (Å²) < 4.78 is 5.36. The topological polar surface area (TPSA) is 81.4 Å². The van der Waals surface area contributed by atoms with Crippen molar-refractivity contribution in [1.29, 1.82) is 0 Å². The Morgan fingerprint density at radius 1 is 1.19 bits per heavy atom. The SMILES string of the molecule is C[C@@H](OC(=O)c1ccc(Cl)c(N)c1)C(=O)NC12CC3CC(CC(C3)C1)C2. The average molecular weight is 377 g/mol. The highest BCUT2D eigenvalue weighted by Gasteiger charge is 2.51. The average Bonchev–Trinajstić information content (AvgIpc) is 2.55. The molecule has 4 aliphatic carbocycles. The number of rotatable bonds is 4. The molecule has 26 heavy (non-hydrogen) atoms. The van der Waals surface area contributed by atoms with E-state index in [1.807, 2.05) is 0 Å². The summed E-state index contributed by atoms with van der Waals surface area (Å²) in [5.74, 6) is 1.47.